The number of imide groups is 1. The number of hydrogen-bond donors (Lipinski definition) is 0. The molecule has 0 bridgehead atoms. The molecule has 1 aliphatic rings. The van der Waals surface area contributed by atoms with Crippen LogP contribution in [0.3, 0.4) is 0 Å². The summed E-state index contributed by atoms with van der Waals surface area (Å²) < 4.78 is 12.9. The quantitative estimate of drug-likeness (QED) is 0.171. The highest BCUT2D eigenvalue weighted by Crippen LogP contribution is 2.38. The second-order valence-electron chi connectivity index (χ2n) is 9.10. The summed E-state index contributed by atoms with van der Waals surface area (Å²) in [5.74, 6) is 0.913. The SMILES string of the molecule is CCOc1cc(/C=C2/SC(=O)N(CCCc3ccccc3)C2=O)c(Br)cc1OCc1cccc2ccccc12. The van der Waals surface area contributed by atoms with Gasteiger partial charge in [0.15, 0.2) is 11.5 Å². The Morgan fingerprint density at radius 3 is 2.46 bits per heavy atom. The van der Waals surface area contributed by atoms with Gasteiger partial charge >= 0.3 is 0 Å². The van der Waals surface area contributed by atoms with Crippen molar-refractivity contribution >= 4 is 55.7 Å². The molecule has 0 spiro atoms. The predicted octanol–water partition coefficient (Wildman–Crippen LogP) is 8.25. The Labute approximate surface area is 240 Å². The summed E-state index contributed by atoms with van der Waals surface area (Å²) in [5.41, 5.74) is 3.01. The minimum absolute atomic E-state index is 0.240. The van der Waals surface area contributed by atoms with Gasteiger partial charge in [0, 0.05) is 11.0 Å². The average Bonchev–Trinajstić information content (AvgIpc) is 3.22. The molecule has 0 aliphatic carbocycles. The highest BCUT2D eigenvalue weighted by Gasteiger charge is 2.34. The Bertz CT molecular complexity index is 1530. The van der Waals surface area contributed by atoms with Crippen molar-refractivity contribution in [2.75, 3.05) is 13.2 Å². The van der Waals surface area contributed by atoms with Crippen LogP contribution >= 0.6 is 27.7 Å². The van der Waals surface area contributed by atoms with E-state index < -0.39 is 0 Å². The van der Waals surface area contributed by atoms with Gasteiger partial charge in [0.2, 0.25) is 0 Å². The first kappa shape index (κ1) is 27.0. The molecule has 0 saturated carbocycles. The second kappa shape index (κ2) is 12.5. The summed E-state index contributed by atoms with van der Waals surface area (Å²) in [6, 6.07) is 28.1. The lowest BCUT2D eigenvalue weighted by Gasteiger charge is -2.15. The zero-order valence-electron chi connectivity index (χ0n) is 21.6. The van der Waals surface area contributed by atoms with E-state index in [-0.39, 0.29) is 11.1 Å². The minimum Gasteiger partial charge on any atom is -0.490 e. The normalized spacial score (nSPS) is 14.4. The predicted molar refractivity (Wildman–Crippen MR) is 161 cm³/mol. The average molecular weight is 603 g/mol. The van der Waals surface area contributed by atoms with Crippen molar-refractivity contribution in [2.45, 2.75) is 26.4 Å². The number of hydrogen-bond acceptors (Lipinski definition) is 5. The van der Waals surface area contributed by atoms with E-state index in [1.807, 2.05) is 55.5 Å². The van der Waals surface area contributed by atoms with E-state index in [4.69, 9.17) is 9.47 Å². The first-order valence-corrected chi connectivity index (χ1v) is 14.5. The maximum Gasteiger partial charge on any atom is 0.293 e. The van der Waals surface area contributed by atoms with E-state index in [1.54, 1.807) is 6.08 Å². The zero-order chi connectivity index (χ0) is 27.2. The number of benzene rings is 4. The first-order chi connectivity index (χ1) is 19.0. The summed E-state index contributed by atoms with van der Waals surface area (Å²) in [6.45, 7) is 3.15. The van der Waals surface area contributed by atoms with Crippen LogP contribution in [0, 0.1) is 0 Å². The molecule has 0 N–H and O–H groups in total. The van der Waals surface area contributed by atoms with Crippen LogP contribution in [0.4, 0.5) is 4.79 Å². The molecule has 4 aromatic carbocycles. The number of fused-ring (bicyclic) bond motifs is 1. The zero-order valence-corrected chi connectivity index (χ0v) is 24.0. The van der Waals surface area contributed by atoms with Gasteiger partial charge in [0.25, 0.3) is 11.1 Å². The smallest absolute Gasteiger partial charge is 0.293 e. The number of carbonyl (C=O) groups excluding carboxylic acids is 2. The topological polar surface area (TPSA) is 55.8 Å². The van der Waals surface area contributed by atoms with Crippen molar-refractivity contribution in [1.82, 2.24) is 4.90 Å². The van der Waals surface area contributed by atoms with Gasteiger partial charge in [-0.2, -0.15) is 0 Å². The monoisotopic (exact) mass is 601 g/mol. The number of carbonyl (C=O) groups is 2. The number of nitrogens with zero attached hydrogens (tertiary/aromatic N) is 1. The lowest BCUT2D eigenvalue weighted by Crippen LogP contribution is -2.29. The fraction of sp³-hybridized carbons (Fsp3) is 0.188. The maximum atomic E-state index is 13.1. The van der Waals surface area contributed by atoms with E-state index in [0.29, 0.717) is 36.2 Å². The molecule has 4 aromatic rings. The molecule has 39 heavy (non-hydrogen) atoms. The third-order valence-electron chi connectivity index (χ3n) is 6.48. The van der Waals surface area contributed by atoms with Crippen LogP contribution in [0.1, 0.15) is 30.0 Å². The molecule has 5 rings (SSSR count). The van der Waals surface area contributed by atoms with Crippen molar-refractivity contribution in [3.63, 3.8) is 0 Å². The molecule has 0 atom stereocenters. The largest absolute Gasteiger partial charge is 0.490 e. The minimum atomic E-state index is -0.265. The molecule has 5 nitrogen and oxygen atoms in total. The molecule has 198 valence electrons. The Morgan fingerprint density at radius 2 is 1.64 bits per heavy atom. The number of halogens is 1. The third-order valence-corrected chi connectivity index (χ3v) is 8.07. The van der Waals surface area contributed by atoms with E-state index in [9.17, 15) is 9.59 Å². The van der Waals surface area contributed by atoms with Gasteiger partial charge in [-0.15, -0.1) is 0 Å². The van der Waals surface area contributed by atoms with Crippen LogP contribution in [0.2, 0.25) is 0 Å². The van der Waals surface area contributed by atoms with E-state index >= 15 is 0 Å². The number of aryl methyl sites for hydroxylation is 1. The summed E-state index contributed by atoms with van der Waals surface area (Å²) >= 11 is 4.59. The number of ether oxygens (including phenoxy) is 2. The Hall–Kier alpha value is -3.55. The Balaban J connectivity index is 1.31. The Morgan fingerprint density at radius 1 is 0.897 bits per heavy atom. The van der Waals surface area contributed by atoms with Crippen LogP contribution < -0.4 is 9.47 Å². The molecule has 1 fully saturated rings. The Kier molecular flexibility index (Phi) is 8.69. The van der Waals surface area contributed by atoms with E-state index in [0.717, 1.165) is 51.0 Å². The lowest BCUT2D eigenvalue weighted by atomic mass is 10.1. The van der Waals surface area contributed by atoms with Gasteiger partial charge in [-0.05, 0) is 77.2 Å². The number of rotatable bonds is 10. The van der Waals surface area contributed by atoms with Crippen LogP contribution in [0.15, 0.2) is 94.3 Å². The number of amides is 2. The van der Waals surface area contributed by atoms with Crippen LogP contribution in [0.25, 0.3) is 16.8 Å². The standard InChI is InChI=1S/C32H28BrNO4S/c1-2-37-28-18-25(19-30-31(35)34(32(36)39-30)17-9-12-22-10-4-3-5-11-22)27(33)20-29(28)38-21-24-15-8-14-23-13-6-7-16-26(23)24/h3-8,10-11,13-16,18-20H,2,9,12,17,21H2,1H3/b30-19+. The molecule has 0 unspecified atom stereocenters. The van der Waals surface area contributed by atoms with Crippen molar-refractivity contribution in [2.24, 2.45) is 0 Å². The molecule has 1 aliphatic heterocycles. The molecule has 2 amide bonds. The van der Waals surface area contributed by atoms with E-state index in [2.05, 4.69) is 52.3 Å². The number of thioether (sulfide) groups is 1. The van der Waals surface area contributed by atoms with Gasteiger partial charge in [-0.25, -0.2) is 0 Å². The van der Waals surface area contributed by atoms with Crippen molar-refractivity contribution in [3.05, 3.63) is 111 Å². The van der Waals surface area contributed by atoms with Crippen LogP contribution in [0.5, 0.6) is 11.5 Å². The lowest BCUT2D eigenvalue weighted by molar-refractivity contribution is -0.122. The molecule has 1 saturated heterocycles. The highest BCUT2D eigenvalue weighted by atomic mass is 79.9. The van der Waals surface area contributed by atoms with Gasteiger partial charge in [-0.3, -0.25) is 14.5 Å². The van der Waals surface area contributed by atoms with Gasteiger partial charge in [-0.1, -0.05) is 88.7 Å². The summed E-state index contributed by atoms with van der Waals surface area (Å²) in [7, 11) is 0. The summed E-state index contributed by atoms with van der Waals surface area (Å²) in [4.78, 5) is 27.4. The van der Waals surface area contributed by atoms with Gasteiger partial charge in [0.1, 0.15) is 6.61 Å². The molecule has 0 aromatic heterocycles. The van der Waals surface area contributed by atoms with Gasteiger partial charge in [0.05, 0.1) is 11.5 Å². The van der Waals surface area contributed by atoms with Gasteiger partial charge < -0.3 is 9.47 Å². The molecule has 7 heteroatoms. The maximum absolute atomic E-state index is 13.1. The molecular weight excluding hydrogens is 574 g/mol. The fourth-order valence-electron chi connectivity index (χ4n) is 4.54. The first-order valence-electron chi connectivity index (χ1n) is 12.9. The fourth-order valence-corrected chi connectivity index (χ4v) is 5.83. The second-order valence-corrected chi connectivity index (χ2v) is 11.0. The molecular formula is C32H28BrNO4S. The summed E-state index contributed by atoms with van der Waals surface area (Å²) in [5, 5.41) is 2.07. The van der Waals surface area contributed by atoms with E-state index in [1.165, 1.54) is 10.5 Å². The van der Waals surface area contributed by atoms with Crippen molar-refractivity contribution < 1.29 is 19.1 Å². The van der Waals surface area contributed by atoms with Crippen LogP contribution in [-0.2, 0) is 17.8 Å². The summed E-state index contributed by atoms with van der Waals surface area (Å²) in [6.07, 6.45) is 3.27. The van der Waals surface area contributed by atoms with Crippen molar-refractivity contribution in [1.29, 1.82) is 0 Å². The van der Waals surface area contributed by atoms with Crippen molar-refractivity contribution in [3.8, 4) is 11.5 Å². The van der Waals surface area contributed by atoms with Crippen LogP contribution in [-0.4, -0.2) is 29.2 Å². The third kappa shape index (κ3) is 6.37. The highest BCUT2D eigenvalue weighted by molar-refractivity contribution is 9.10. The molecule has 0 radical (unpaired) electrons. The molecule has 1 heterocycles.